The van der Waals surface area contributed by atoms with Crippen LogP contribution < -0.4 is 4.74 Å². The summed E-state index contributed by atoms with van der Waals surface area (Å²) in [5.74, 6) is 0.0425. The summed E-state index contributed by atoms with van der Waals surface area (Å²) in [4.78, 5) is 0. The van der Waals surface area contributed by atoms with Gasteiger partial charge in [0.2, 0.25) is 0 Å². The van der Waals surface area contributed by atoms with Crippen molar-refractivity contribution in [3.63, 3.8) is 0 Å². The number of hydrogen-bond acceptors (Lipinski definition) is 2. The molecule has 0 aromatic heterocycles. The Balaban J connectivity index is 2.47. The van der Waals surface area contributed by atoms with Gasteiger partial charge in [-0.25, -0.2) is 4.39 Å². The Morgan fingerprint density at radius 2 is 2.13 bits per heavy atom. The molecule has 0 saturated heterocycles. The van der Waals surface area contributed by atoms with Gasteiger partial charge < -0.3 is 9.47 Å². The van der Waals surface area contributed by atoms with Gasteiger partial charge in [-0.2, -0.15) is 0 Å². The number of rotatable bonds is 5. The summed E-state index contributed by atoms with van der Waals surface area (Å²) in [6.07, 6.45) is 0.891. The predicted octanol–water partition coefficient (Wildman–Crippen LogP) is 2.94. The van der Waals surface area contributed by atoms with E-state index >= 15 is 0 Å². The molecule has 2 nitrogen and oxygen atoms in total. The van der Waals surface area contributed by atoms with Crippen LogP contribution in [0.1, 0.15) is 18.9 Å². The van der Waals surface area contributed by atoms with E-state index in [1.807, 2.05) is 6.92 Å². The topological polar surface area (TPSA) is 18.5 Å². The van der Waals surface area contributed by atoms with Crippen LogP contribution in [-0.4, -0.2) is 19.8 Å². The molecule has 1 atom stereocenters. The lowest BCUT2D eigenvalue weighted by molar-refractivity contribution is 0.0948. The summed E-state index contributed by atoms with van der Waals surface area (Å²) in [6, 6.07) is 5.15. The number of aryl methyl sites for hydroxylation is 1. The lowest BCUT2D eigenvalue weighted by Gasteiger charge is -2.11. The molecule has 0 aliphatic rings. The molecule has 1 aromatic carbocycles. The van der Waals surface area contributed by atoms with E-state index in [1.54, 1.807) is 32.2 Å². The number of ether oxygens (including phenoxy) is 2. The van der Waals surface area contributed by atoms with Crippen LogP contribution in [-0.2, 0) is 4.74 Å². The van der Waals surface area contributed by atoms with Crippen LogP contribution in [0.25, 0.3) is 0 Å². The standard InChI is InChI=1S/C12H17FO2/c1-9-5-4-6-11(12(9)13)15-8-7-10(2)14-3/h4-6,10H,7-8H2,1-3H3. The molecule has 84 valence electrons. The van der Waals surface area contributed by atoms with Gasteiger partial charge in [0.15, 0.2) is 11.6 Å². The Morgan fingerprint density at radius 1 is 1.40 bits per heavy atom. The zero-order chi connectivity index (χ0) is 11.3. The largest absolute Gasteiger partial charge is 0.490 e. The predicted molar refractivity (Wildman–Crippen MR) is 57.7 cm³/mol. The molecule has 1 aromatic rings. The third-order valence-electron chi connectivity index (χ3n) is 2.34. The zero-order valence-electron chi connectivity index (χ0n) is 9.42. The molecule has 0 heterocycles. The summed E-state index contributed by atoms with van der Waals surface area (Å²) >= 11 is 0. The van der Waals surface area contributed by atoms with E-state index in [9.17, 15) is 4.39 Å². The first-order chi connectivity index (χ1) is 7.15. The van der Waals surface area contributed by atoms with Crippen molar-refractivity contribution in [3.05, 3.63) is 29.6 Å². The Morgan fingerprint density at radius 3 is 2.80 bits per heavy atom. The second-order valence-corrected chi connectivity index (χ2v) is 3.57. The van der Waals surface area contributed by atoms with Gasteiger partial charge in [-0.05, 0) is 25.5 Å². The molecule has 1 rings (SSSR count). The van der Waals surface area contributed by atoms with Crippen molar-refractivity contribution in [2.24, 2.45) is 0 Å². The molecule has 0 aliphatic carbocycles. The van der Waals surface area contributed by atoms with E-state index in [2.05, 4.69) is 0 Å². The van der Waals surface area contributed by atoms with E-state index in [0.717, 1.165) is 6.42 Å². The van der Waals surface area contributed by atoms with Crippen LogP contribution in [0.2, 0.25) is 0 Å². The van der Waals surface area contributed by atoms with Crippen molar-refractivity contribution < 1.29 is 13.9 Å². The highest BCUT2D eigenvalue weighted by Crippen LogP contribution is 2.19. The van der Waals surface area contributed by atoms with E-state index in [-0.39, 0.29) is 11.9 Å². The molecule has 0 saturated carbocycles. The van der Waals surface area contributed by atoms with Gasteiger partial charge in [0.05, 0.1) is 12.7 Å². The van der Waals surface area contributed by atoms with Gasteiger partial charge in [0, 0.05) is 13.5 Å². The lowest BCUT2D eigenvalue weighted by atomic mass is 10.2. The van der Waals surface area contributed by atoms with Crippen molar-refractivity contribution in [1.29, 1.82) is 0 Å². The highest BCUT2D eigenvalue weighted by molar-refractivity contribution is 5.29. The van der Waals surface area contributed by atoms with Crippen LogP contribution in [0.5, 0.6) is 5.75 Å². The van der Waals surface area contributed by atoms with Crippen molar-refractivity contribution in [3.8, 4) is 5.75 Å². The average Bonchev–Trinajstić information content (AvgIpc) is 2.24. The van der Waals surface area contributed by atoms with Crippen molar-refractivity contribution in [2.75, 3.05) is 13.7 Å². The van der Waals surface area contributed by atoms with Crippen LogP contribution in [0.3, 0.4) is 0 Å². The van der Waals surface area contributed by atoms with Gasteiger partial charge >= 0.3 is 0 Å². The SMILES string of the molecule is COC(C)CCOc1cccc(C)c1F. The smallest absolute Gasteiger partial charge is 0.167 e. The van der Waals surface area contributed by atoms with Crippen LogP contribution in [0, 0.1) is 12.7 Å². The summed E-state index contributed by atoms with van der Waals surface area (Å²) < 4.78 is 23.9. The summed E-state index contributed by atoms with van der Waals surface area (Å²) in [7, 11) is 1.65. The fourth-order valence-electron chi connectivity index (χ4n) is 1.18. The summed E-state index contributed by atoms with van der Waals surface area (Å²) in [6.45, 7) is 4.14. The fourth-order valence-corrected chi connectivity index (χ4v) is 1.18. The van der Waals surface area contributed by atoms with E-state index in [1.165, 1.54) is 0 Å². The van der Waals surface area contributed by atoms with E-state index in [0.29, 0.717) is 17.9 Å². The maximum atomic E-state index is 13.5. The van der Waals surface area contributed by atoms with Gasteiger partial charge in [-0.3, -0.25) is 0 Å². The van der Waals surface area contributed by atoms with E-state index < -0.39 is 0 Å². The molecule has 0 aliphatic heterocycles. The molecule has 0 bridgehead atoms. The van der Waals surface area contributed by atoms with Gasteiger partial charge in [-0.1, -0.05) is 12.1 Å². The monoisotopic (exact) mass is 212 g/mol. The number of hydrogen-bond donors (Lipinski definition) is 0. The summed E-state index contributed by atoms with van der Waals surface area (Å²) in [5.41, 5.74) is 0.604. The Kier molecular flexibility index (Phi) is 4.56. The highest BCUT2D eigenvalue weighted by Gasteiger charge is 2.06. The fraction of sp³-hybridized carbons (Fsp3) is 0.500. The molecule has 0 amide bonds. The maximum Gasteiger partial charge on any atom is 0.167 e. The molecule has 0 fully saturated rings. The third-order valence-corrected chi connectivity index (χ3v) is 2.34. The van der Waals surface area contributed by atoms with Gasteiger partial charge in [0.1, 0.15) is 0 Å². The maximum absolute atomic E-state index is 13.5. The van der Waals surface area contributed by atoms with E-state index in [4.69, 9.17) is 9.47 Å². The average molecular weight is 212 g/mol. The molecule has 0 radical (unpaired) electrons. The third kappa shape index (κ3) is 3.51. The lowest BCUT2D eigenvalue weighted by Crippen LogP contribution is -2.11. The Hall–Kier alpha value is -1.09. The first-order valence-corrected chi connectivity index (χ1v) is 5.06. The Labute approximate surface area is 90.0 Å². The normalized spacial score (nSPS) is 12.5. The first kappa shape index (κ1) is 12.0. The number of methoxy groups -OCH3 is 1. The van der Waals surface area contributed by atoms with Crippen LogP contribution in [0.15, 0.2) is 18.2 Å². The van der Waals surface area contributed by atoms with Crippen molar-refractivity contribution >= 4 is 0 Å². The first-order valence-electron chi connectivity index (χ1n) is 5.06. The van der Waals surface area contributed by atoms with Crippen molar-refractivity contribution in [1.82, 2.24) is 0 Å². The molecule has 3 heteroatoms. The zero-order valence-corrected chi connectivity index (χ0v) is 9.42. The molecule has 0 N–H and O–H groups in total. The molecule has 15 heavy (non-hydrogen) atoms. The van der Waals surface area contributed by atoms with Crippen LogP contribution >= 0.6 is 0 Å². The second-order valence-electron chi connectivity index (χ2n) is 3.57. The Bertz CT molecular complexity index is 312. The molecular formula is C12H17FO2. The van der Waals surface area contributed by atoms with Crippen molar-refractivity contribution in [2.45, 2.75) is 26.4 Å². The van der Waals surface area contributed by atoms with Gasteiger partial charge in [-0.15, -0.1) is 0 Å². The highest BCUT2D eigenvalue weighted by atomic mass is 19.1. The number of halogens is 1. The molecule has 0 spiro atoms. The summed E-state index contributed by atoms with van der Waals surface area (Å²) in [5, 5.41) is 0. The van der Waals surface area contributed by atoms with Crippen LogP contribution in [0.4, 0.5) is 4.39 Å². The van der Waals surface area contributed by atoms with Gasteiger partial charge in [0.25, 0.3) is 0 Å². The minimum atomic E-state index is -0.275. The second kappa shape index (κ2) is 5.71. The number of benzene rings is 1. The minimum absolute atomic E-state index is 0.137. The molecular weight excluding hydrogens is 195 g/mol. The molecule has 1 unspecified atom stereocenters. The quantitative estimate of drug-likeness (QED) is 0.747. The minimum Gasteiger partial charge on any atom is -0.490 e.